The molecule has 3 rings (SSSR count). The number of hydrogen-bond acceptors (Lipinski definition) is 12. The maximum absolute atomic E-state index is 13.5. The zero-order valence-corrected chi connectivity index (χ0v) is 23.9. The van der Waals surface area contributed by atoms with Crippen molar-refractivity contribution in [1.29, 1.82) is 0 Å². The average molecular weight is 630 g/mol. The largest absolute Gasteiger partial charge is 0.463 e. The second-order valence-electron chi connectivity index (χ2n) is 8.19. The molecule has 2 saturated heterocycles. The number of halogens is 1. The van der Waals surface area contributed by atoms with Crippen molar-refractivity contribution in [2.24, 2.45) is 0 Å². The Morgan fingerprint density at radius 2 is 1.50 bits per heavy atom. The summed E-state index contributed by atoms with van der Waals surface area (Å²) in [6.45, 7) is 4.10. The van der Waals surface area contributed by atoms with E-state index < -0.39 is 67.0 Å². The van der Waals surface area contributed by atoms with E-state index in [4.69, 9.17) is 35.9 Å². The third kappa shape index (κ3) is 7.40. The second-order valence-corrected chi connectivity index (χ2v) is 10.8. The Balaban J connectivity index is 2.04. The smallest absolute Gasteiger partial charge is 0.303 e. The molecule has 5 atom stereocenters. The van der Waals surface area contributed by atoms with Crippen molar-refractivity contribution in [3.05, 3.63) is 39.2 Å². The molecule has 0 N–H and O–H groups in total. The summed E-state index contributed by atoms with van der Waals surface area (Å²) >= 11 is 9.83. The maximum Gasteiger partial charge on any atom is 0.303 e. The molecule has 204 valence electrons. The highest BCUT2D eigenvalue weighted by Gasteiger charge is 2.56. The van der Waals surface area contributed by atoms with Crippen molar-refractivity contribution < 1.29 is 47.7 Å². The summed E-state index contributed by atoms with van der Waals surface area (Å²) in [5, 5.41) is 0. The number of amides is 1. The topological polar surface area (TPSA) is 135 Å². The van der Waals surface area contributed by atoms with E-state index in [1.54, 1.807) is 18.2 Å². The van der Waals surface area contributed by atoms with E-state index in [9.17, 15) is 24.0 Å². The first-order valence-electron chi connectivity index (χ1n) is 11.2. The highest BCUT2D eigenvalue weighted by atomic mass is 79.9. The van der Waals surface area contributed by atoms with Crippen LogP contribution in [0.3, 0.4) is 0 Å². The lowest BCUT2D eigenvalue weighted by atomic mass is 9.96. The van der Waals surface area contributed by atoms with Gasteiger partial charge < -0.3 is 23.7 Å². The lowest BCUT2D eigenvalue weighted by Crippen LogP contribution is -2.66. The number of hydrogen-bond donors (Lipinski definition) is 0. The van der Waals surface area contributed by atoms with E-state index in [0.717, 1.165) is 47.5 Å². The van der Waals surface area contributed by atoms with Crippen LogP contribution in [0, 0.1) is 0 Å². The van der Waals surface area contributed by atoms with Crippen LogP contribution in [0.1, 0.15) is 33.3 Å². The van der Waals surface area contributed by atoms with Gasteiger partial charge in [0.25, 0.3) is 5.91 Å². The van der Waals surface area contributed by atoms with Crippen molar-refractivity contribution in [3.63, 3.8) is 0 Å². The van der Waals surface area contributed by atoms with Crippen LogP contribution >= 0.6 is 39.9 Å². The molecule has 0 saturated carbocycles. The fourth-order valence-corrected chi connectivity index (χ4v) is 5.40. The van der Waals surface area contributed by atoms with E-state index in [1.807, 2.05) is 12.1 Å². The van der Waals surface area contributed by atoms with Gasteiger partial charge in [0.2, 0.25) is 0 Å². The number of esters is 4. The number of thioether (sulfide) groups is 1. The van der Waals surface area contributed by atoms with Crippen molar-refractivity contribution in [1.82, 2.24) is 4.90 Å². The van der Waals surface area contributed by atoms with E-state index in [1.165, 1.54) is 6.92 Å². The van der Waals surface area contributed by atoms with Crippen LogP contribution in [-0.4, -0.2) is 76.3 Å². The number of benzene rings is 1. The molecule has 2 fully saturated rings. The van der Waals surface area contributed by atoms with Crippen LogP contribution in [0.2, 0.25) is 0 Å². The molecule has 11 nitrogen and oxygen atoms in total. The SMILES string of the molecule is CC(=O)OCC1OC(N2C(=O)/C(=C/c3ccc(Br)cc3)SC2=S)C(OC(C)=O)C(OC(C)=O)C1OC(C)=O. The Kier molecular flexibility index (Phi) is 10.0. The Labute approximate surface area is 236 Å². The van der Waals surface area contributed by atoms with Gasteiger partial charge in [0.15, 0.2) is 28.9 Å². The Morgan fingerprint density at radius 3 is 2.05 bits per heavy atom. The van der Waals surface area contributed by atoms with Crippen molar-refractivity contribution in [2.45, 2.75) is 58.3 Å². The first-order valence-corrected chi connectivity index (χ1v) is 13.2. The minimum Gasteiger partial charge on any atom is -0.463 e. The van der Waals surface area contributed by atoms with E-state index in [2.05, 4.69) is 15.9 Å². The average Bonchev–Trinajstić information content (AvgIpc) is 3.08. The molecule has 2 aliphatic heterocycles. The number of carbonyl (C=O) groups excluding carboxylic acids is 5. The summed E-state index contributed by atoms with van der Waals surface area (Å²) in [4.78, 5) is 62.4. The van der Waals surface area contributed by atoms with Crippen LogP contribution in [-0.2, 0) is 47.7 Å². The fraction of sp³-hybridized carbons (Fsp3) is 0.417. The zero-order valence-electron chi connectivity index (χ0n) is 20.7. The molecule has 0 aromatic heterocycles. The van der Waals surface area contributed by atoms with E-state index in [0.29, 0.717) is 0 Å². The van der Waals surface area contributed by atoms with Gasteiger partial charge in [-0.25, -0.2) is 0 Å². The van der Waals surface area contributed by atoms with Gasteiger partial charge >= 0.3 is 23.9 Å². The van der Waals surface area contributed by atoms with Gasteiger partial charge in [0.05, 0.1) is 4.91 Å². The van der Waals surface area contributed by atoms with Crippen LogP contribution in [0.15, 0.2) is 33.6 Å². The molecule has 38 heavy (non-hydrogen) atoms. The van der Waals surface area contributed by atoms with E-state index in [-0.39, 0.29) is 9.23 Å². The van der Waals surface area contributed by atoms with Crippen LogP contribution < -0.4 is 0 Å². The summed E-state index contributed by atoms with van der Waals surface area (Å²) in [5.74, 6) is -3.52. The first kappa shape index (κ1) is 29.7. The minimum absolute atomic E-state index is 0.0826. The van der Waals surface area contributed by atoms with Crippen LogP contribution in [0.5, 0.6) is 0 Å². The Hall–Kier alpha value is -2.81. The minimum atomic E-state index is -1.44. The van der Waals surface area contributed by atoms with Crippen molar-refractivity contribution >= 4 is 80.1 Å². The highest BCUT2D eigenvalue weighted by Crippen LogP contribution is 2.39. The van der Waals surface area contributed by atoms with Crippen molar-refractivity contribution in [2.75, 3.05) is 6.61 Å². The van der Waals surface area contributed by atoms with Gasteiger partial charge in [-0.05, 0) is 23.8 Å². The van der Waals surface area contributed by atoms with Crippen LogP contribution in [0.4, 0.5) is 0 Å². The summed E-state index contributed by atoms with van der Waals surface area (Å²) in [6, 6.07) is 7.22. The molecule has 0 aliphatic carbocycles. The lowest BCUT2D eigenvalue weighted by molar-refractivity contribution is -0.268. The normalized spacial score (nSPS) is 26.2. The summed E-state index contributed by atoms with van der Waals surface area (Å²) in [6.07, 6.45) is -5.17. The molecule has 1 aromatic rings. The lowest BCUT2D eigenvalue weighted by Gasteiger charge is -2.46. The van der Waals surface area contributed by atoms with Gasteiger partial charge in [-0.2, -0.15) is 0 Å². The molecule has 0 radical (unpaired) electrons. The summed E-state index contributed by atoms with van der Waals surface area (Å²) in [5.41, 5.74) is 0.732. The molecular formula is C24H24BrNO10S2. The van der Waals surface area contributed by atoms with Gasteiger partial charge in [-0.15, -0.1) is 0 Å². The monoisotopic (exact) mass is 629 g/mol. The van der Waals surface area contributed by atoms with Gasteiger partial charge in [0.1, 0.15) is 12.7 Å². The Bertz CT molecular complexity index is 1170. The fourth-order valence-electron chi connectivity index (χ4n) is 3.82. The molecule has 14 heteroatoms. The Morgan fingerprint density at radius 1 is 0.947 bits per heavy atom. The van der Waals surface area contributed by atoms with E-state index >= 15 is 0 Å². The number of nitrogens with zero attached hydrogens (tertiary/aromatic N) is 1. The van der Waals surface area contributed by atoms with Crippen LogP contribution in [0.25, 0.3) is 6.08 Å². The number of thiocarbonyl (C=S) groups is 1. The zero-order chi connectivity index (χ0) is 28.1. The number of carbonyl (C=O) groups is 5. The van der Waals surface area contributed by atoms with Crippen molar-refractivity contribution in [3.8, 4) is 0 Å². The predicted octanol–water partition coefficient (Wildman–Crippen LogP) is 2.73. The standard InChI is InChI=1S/C24H24BrNO10S2/c1-11(27)32-10-17-19(33-12(2)28)20(34-13(3)29)21(35-14(4)30)23(36-17)26-22(31)18(38-24(26)37)9-15-5-7-16(25)8-6-15/h5-9,17,19-21,23H,10H2,1-4H3/b18-9-. The molecule has 5 unspecified atom stereocenters. The molecule has 0 bridgehead atoms. The maximum atomic E-state index is 13.5. The summed E-state index contributed by atoms with van der Waals surface area (Å²) in [7, 11) is 0. The van der Waals surface area contributed by atoms with Gasteiger partial charge in [-0.1, -0.05) is 52.0 Å². The highest BCUT2D eigenvalue weighted by molar-refractivity contribution is 9.10. The molecular weight excluding hydrogens is 606 g/mol. The quantitative estimate of drug-likeness (QED) is 0.190. The molecule has 1 aromatic carbocycles. The second kappa shape index (κ2) is 12.8. The third-order valence-corrected chi connectivity index (χ3v) is 7.07. The predicted molar refractivity (Wildman–Crippen MR) is 141 cm³/mol. The third-order valence-electron chi connectivity index (χ3n) is 5.21. The summed E-state index contributed by atoms with van der Waals surface area (Å²) < 4.78 is 28.3. The number of ether oxygens (including phenoxy) is 5. The molecule has 0 spiro atoms. The molecule has 2 heterocycles. The first-order chi connectivity index (χ1) is 17.9. The van der Waals surface area contributed by atoms with Gasteiger partial charge in [-0.3, -0.25) is 28.9 Å². The molecule has 1 amide bonds. The number of rotatable bonds is 7. The van der Waals surface area contributed by atoms with Gasteiger partial charge in [0, 0.05) is 32.2 Å². The molecule has 2 aliphatic rings.